The van der Waals surface area contributed by atoms with Crippen molar-refractivity contribution in [3.8, 4) is 39.4 Å². The number of aromatic hydroxyl groups is 1. The summed E-state index contributed by atoms with van der Waals surface area (Å²) in [6, 6.07) is 47.4. The van der Waals surface area contributed by atoms with Crippen molar-refractivity contribution in [3.63, 3.8) is 0 Å². The summed E-state index contributed by atoms with van der Waals surface area (Å²) in [7, 11) is -1.00. The fourth-order valence-corrected chi connectivity index (χ4v) is 9.48. The Bertz CT molecular complexity index is 2390. The maximum Gasteiger partial charge on any atom is 0.124 e. The highest BCUT2D eigenvalue weighted by atomic mass is 31.1. The first kappa shape index (κ1) is 36.3. The Morgan fingerprint density at radius 1 is 0.566 bits per heavy atom. The van der Waals surface area contributed by atoms with Crippen molar-refractivity contribution < 1.29 is 5.11 Å². The van der Waals surface area contributed by atoms with Crippen LogP contribution in [0.15, 0.2) is 140 Å². The lowest BCUT2D eigenvalue weighted by Gasteiger charge is -2.26. The number of pyridine rings is 2. The summed E-state index contributed by atoms with van der Waals surface area (Å²) in [6.45, 7) is 18.2. The number of hydrogen-bond donors (Lipinski definition) is 1. The Labute approximate surface area is 316 Å². The van der Waals surface area contributed by atoms with Crippen molar-refractivity contribution in [3.05, 3.63) is 156 Å². The molecule has 0 radical (unpaired) electrons. The molecule has 4 heteroatoms. The summed E-state index contributed by atoms with van der Waals surface area (Å²) in [4.78, 5) is 10.2. The van der Waals surface area contributed by atoms with Crippen LogP contribution in [0.5, 0.6) is 5.75 Å². The molecule has 0 bridgehead atoms. The van der Waals surface area contributed by atoms with E-state index in [1.54, 1.807) is 6.07 Å². The molecule has 53 heavy (non-hydrogen) atoms. The number of aromatic nitrogens is 2. The number of para-hydroxylation sites is 1. The Hall–Kier alpha value is -5.11. The molecule has 1 unspecified atom stereocenters. The predicted molar refractivity (Wildman–Crippen MR) is 228 cm³/mol. The van der Waals surface area contributed by atoms with Gasteiger partial charge in [-0.1, -0.05) is 140 Å². The summed E-state index contributed by atoms with van der Waals surface area (Å²) in [5.41, 5.74) is 10.5. The molecule has 7 aromatic rings. The van der Waals surface area contributed by atoms with Crippen LogP contribution < -0.4 is 16.0 Å². The molecule has 1 atom stereocenters. The van der Waals surface area contributed by atoms with Crippen LogP contribution in [0.3, 0.4) is 0 Å². The zero-order chi connectivity index (χ0) is 37.5. The molecule has 0 spiro atoms. The van der Waals surface area contributed by atoms with Crippen molar-refractivity contribution in [2.75, 3.05) is 0 Å². The zero-order valence-electron chi connectivity index (χ0n) is 32.1. The SMILES string of the molecule is CC(C)c1cc2ccccc2cc1P(c1cccc(-c2cc(-c3cc(C(C)(C)C)cc(C(C)(C)C)c3)cc(-c3ccccc3O)n2)c1)c1ccccn1. The van der Waals surface area contributed by atoms with Crippen LogP contribution >= 0.6 is 7.92 Å². The van der Waals surface area contributed by atoms with Gasteiger partial charge in [0.05, 0.1) is 16.8 Å². The molecule has 2 aromatic heterocycles. The molecular weight excluding hydrogens is 664 g/mol. The molecule has 0 aliphatic heterocycles. The highest BCUT2D eigenvalue weighted by molar-refractivity contribution is 7.79. The second kappa shape index (κ2) is 14.4. The van der Waals surface area contributed by atoms with Gasteiger partial charge >= 0.3 is 0 Å². The molecule has 0 amide bonds. The molecule has 1 N–H and O–H groups in total. The molecule has 266 valence electrons. The van der Waals surface area contributed by atoms with Crippen molar-refractivity contribution >= 4 is 34.7 Å². The van der Waals surface area contributed by atoms with Crippen molar-refractivity contribution in [2.45, 2.75) is 72.1 Å². The van der Waals surface area contributed by atoms with Gasteiger partial charge in [-0.2, -0.15) is 0 Å². The van der Waals surface area contributed by atoms with Gasteiger partial charge in [0.1, 0.15) is 5.75 Å². The Kier molecular flexibility index (Phi) is 9.83. The molecule has 0 saturated carbocycles. The van der Waals surface area contributed by atoms with Crippen molar-refractivity contribution in [2.24, 2.45) is 0 Å². The van der Waals surface area contributed by atoms with E-state index in [1.807, 2.05) is 30.5 Å². The fourth-order valence-electron chi connectivity index (χ4n) is 6.92. The van der Waals surface area contributed by atoms with E-state index in [1.165, 1.54) is 38.1 Å². The van der Waals surface area contributed by atoms with Gasteiger partial charge < -0.3 is 5.11 Å². The van der Waals surface area contributed by atoms with Gasteiger partial charge in [-0.3, -0.25) is 4.98 Å². The third-order valence-electron chi connectivity index (χ3n) is 10.0. The maximum absolute atomic E-state index is 11.1. The van der Waals surface area contributed by atoms with Crippen molar-refractivity contribution in [1.82, 2.24) is 9.97 Å². The van der Waals surface area contributed by atoms with E-state index in [0.717, 1.165) is 33.5 Å². The quantitative estimate of drug-likeness (QED) is 0.167. The normalized spacial score (nSPS) is 12.7. The molecule has 5 aromatic carbocycles. The van der Waals surface area contributed by atoms with Crippen LogP contribution in [0.25, 0.3) is 44.4 Å². The van der Waals surface area contributed by atoms with Gasteiger partial charge in [0.2, 0.25) is 0 Å². The molecule has 0 fully saturated rings. The predicted octanol–water partition coefficient (Wildman–Crippen LogP) is 11.8. The lowest BCUT2D eigenvalue weighted by atomic mass is 9.79. The molecule has 3 nitrogen and oxygen atoms in total. The summed E-state index contributed by atoms with van der Waals surface area (Å²) in [5.74, 6) is 0.555. The molecule has 0 aliphatic rings. The third kappa shape index (κ3) is 7.68. The number of benzene rings is 5. The minimum absolute atomic E-state index is 0.0268. The summed E-state index contributed by atoms with van der Waals surface area (Å²) < 4.78 is 0. The smallest absolute Gasteiger partial charge is 0.124 e. The Balaban J connectivity index is 1.45. The summed E-state index contributed by atoms with van der Waals surface area (Å²) in [5, 5.41) is 16.1. The zero-order valence-corrected chi connectivity index (χ0v) is 33.0. The molecule has 0 aliphatic carbocycles. The molecule has 2 heterocycles. The van der Waals surface area contributed by atoms with Gasteiger partial charge in [-0.25, -0.2) is 4.98 Å². The largest absolute Gasteiger partial charge is 0.507 e. The van der Waals surface area contributed by atoms with Crippen LogP contribution in [0, 0.1) is 0 Å². The lowest BCUT2D eigenvalue weighted by Crippen LogP contribution is -2.25. The Morgan fingerprint density at radius 2 is 1.19 bits per heavy atom. The maximum atomic E-state index is 11.1. The van der Waals surface area contributed by atoms with Gasteiger partial charge in [-0.05, 0) is 114 Å². The van der Waals surface area contributed by atoms with Gasteiger partial charge in [-0.15, -0.1) is 0 Å². The van der Waals surface area contributed by atoms with E-state index >= 15 is 0 Å². The third-order valence-corrected chi connectivity index (χ3v) is 12.4. The monoisotopic (exact) mass is 712 g/mol. The summed E-state index contributed by atoms with van der Waals surface area (Å²) >= 11 is 0. The Morgan fingerprint density at radius 3 is 1.83 bits per heavy atom. The average molecular weight is 713 g/mol. The highest BCUT2D eigenvalue weighted by Gasteiger charge is 2.25. The molecule has 0 saturated heterocycles. The van der Waals surface area contributed by atoms with Crippen LogP contribution in [0.2, 0.25) is 0 Å². The van der Waals surface area contributed by atoms with Crippen LogP contribution in [0.1, 0.15) is 78.0 Å². The summed E-state index contributed by atoms with van der Waals surface area (Å²) in [6.07, 6.45) is 1.91. The van der Waals surface area contributed by atoms with Crippen LogP contribution in [-0.4, -0.2) is 15.1 Å². The van der Waals surface area contributed by atoms with E-state index in [0.29, 0.717) is 11.5 Å². The second-order valence-corrected chi connectivity index (χ2v) is 18.6. The van der Waals surface area contributed by atoms with E-state index < -0.39 is 7.92 Å². The number of phenols is 1. The number of rotatable bonds is 7. The van der Waals surface area contributed by atoms with Crippen molar-refractivity contribution in [1.29, 1.82) is 0 Å². The molecular formula is C49H49N2OP. The van der Waals surface area contributed by atoms with Gasteiger partial charge in [0, 0.05) is 25.2 Å². The average Bonchev–Trinajstić information content (AvgIpc) is 3.14. The fraction of sp³-hybridized carbons (Fsp3) is 0.224. The first-order valence-corrected chi connectivity index (χ1v) is 19.9. The molecule has 7 rings (SSSR count). The standard InChI is InChI=1S/C49H49N2OP/c1-32(2)42-27-33-16-9-10-17-34(33)30-46(42)53(47-22-13-14-23-50-47)40-19-15-18-35(26-40)43-28-37(29-44(51-43)41-20-11-12-21-45(41)52)36-24-38(48(3,4)5)31-39(25-36)49(6,7)8/h9-32,52H,1-8H3. The number of nitrogens with zero attached hydrogens (tertiary/aromatic N) is 2. The van der Waals surface area contributed by atoms with Gasteiger partial charge in [0.15, 0.2) is 0 Å². The van der Waals surface area contributed by atoms with E-state index in [2.05, 4.69) is 159 Å². The second-order valence-electron chi connectivity index (χ2n) is 16.4. The first-order valence-electron chi connectivity index (χ1n) is 18.6. The minimum Gasteiger partial charge on any atom is -0.507 e. The van der Waals surface area contributed by atoms with Gasteiger partial charge in [0.25, 0.3) is 0 Å². The van der Waals surface area contributed by atoms with E-state index in [-0.39, 0.29) is 16.6 Å². The minimum atomic E-state index is -1.00. The van der Waals surface area contributed by atoms with Crippen LogP contribution in [0.4, 0.5) is 0 Å². The van der Waals surface area contributed by atoms with E-state index in [9.17, 15) is 5.11 Å². The van der Waals surface area contributed by atoms with E-state index in [4.69, 9.17) is 9.97 Å². The lowest BCUT2D eigenvalue weighted by molar-refractivity contribution is 0.477. The topological polar surface area (TPSA) is 46.0 Å². The number of hydrogen-bond acceptors (Lipinski definition) is 3. The number of fused-ring (bicyclic) bond motifs is 1. The number of phenolic OH excluding ortho intramolecular Hbond substituents is 1. The highest BCUT2D eigenvalue weighted by Crippen LogP contribution is 2.40. The first-order chi connectivity index (χ1) is 25.3. The van der Waals surface area contributed by atoms with Crippen LogP contribution in [-0.2, 0) is 10.8 Å².